The first-order valence-electron chi connectivity index (χ1n) is 9.22. The van der Waals surface area contributed by atoms with E-state index < -0.39 is 0 Å². The van der Waals surface area contributed by atoms with Gasteiger partial charge in [0.15, 0.2) is 5.82 Å². The quantitative estimate of drug-likeness (QED) is 0.699. The van der Waals surface area contributed by atoms with Gasteiger partial charge in [0.2, 0.25) is 5.91 Å². The first kappa shape index (κ1) is 17.2. The number of hydrogen-bond donors (Lipinski definition) is 1. The van der Waals surface area contributed by atoms with Crippen LogP contribution in [0, 0.1) is 0 Å². The maximum absolute atomic E-state index is 12.5. The Labute approximate surface area is 158 Å². The van der Waals surface area contributed by atoms with Gasteiger partial charge >= 0.3 is 0 Å². The summed E-state index contributed by atoms with van der Waals surface area (Å²) in [5.74, 6) is 0.688. The Morgan fingerprint density at radius 3 is 2.74 bits per heavy atom. The fourth-order valence-corrected chi connectivity index (χ4v) is 3.08. The van der Waals surface area contributed by atoms with Crippen LogP contribution in [0.2, 0.25) is 0 Å². The Hall–Kier alpha value is -3.22. The highest BCUT2D eigenvalue weighted by Crippen LogP contribution is 2.36. The molecule has 1 aromatic heterocycles. The number of anilines is 2. The van der Waals surface area contributed by atoms with Crippen LogP contribution in [0.1, 0.15) is 25.8 Å². The summed E-state index contributed by atoms with van der Waals surface area (Å²) in [7, 11) is 0. The van der Waals surface area contributed by atoms with E-state index in [1.54, 1.807) is 0 Å². The van der Waals surface area contributed by atoms with Crippen LogP contribution >= 0.6 is 0 Å². The molecule has 0 atom stereocenters. The van der Waals surface area contributed by atoms with Crippen LogP contribution in [-0.4, -0.2) is 39.2 Å². The molecule has 0 radical (unpaired) electrons. The summed E-state index contributed by atoms with van der Waals surface area (Å²) < 4.78 is 1.87. The predicted octanol–water partition coefficient (Wildman–Crippen LogP) is 3.14. The molecule has 1 fully saturated rings. The largest absolute Gasteiger partial charge is 0.362 e. The summed E-state index contributed by atoms with van der Waals surface area (Å²) in [4.78, 5) is 14.6. The van der Waals surface area contributed by atoms with Crippen LogP contribution in [0.25, 0.3) is 11.4 Å². The van der Waals surface area contributed by atoms with Gasteiger partial charge in [0.1, 0.15) is 0 Å². The summed E-state index contributed by atoms with van der Waals surface area (Å²) in [5, 5.41) is 15.0. The lowest BCUT2D eigenvalue weighted by Crippen LogP contribution is -2.33. The third-order valence-electron chi connectivity index (χ3n) is 4.63. The summed E-state index contributed by atoms with van der Waals surface area (Å²) in [6.07, 6.45) is 2.22. The average Bonchev–Trinajstić information content (AvgIpc) is 3.43. The van der Waals surface area contributed by atoms with Crippen molar-refractivity contribution in [2.24, 2.45) is 0 Å². The highest BCUT2D eigenvalue weighted by Gasteiger charge is 2.28. The molecule has 0 unspecified atom stereocenters. The maximum Gasteiger partial charge on any atom is 0.243 e. The molecular formula is C20H22N6O. The number of nitrogens with one attached hydrogen (secondary N) is 1. The highest BCUT2D eigenvalue weighted by atomic mass is 16.2. The molecule has 0 saturated heterocycles. The average molecular weight is 362 g/mol. The molecule has 1 aliphatic carbocycles. The lowest BCUT2D eigenvalue weighted by Gasteiger charge is -2.22. The van der Waals surface area contributed by atoms with E-state index in [-0.39, 0.29) is 5.91 Å². The van der Waals surface area contributed by atoms with E-state index >= 15 is 0 Å². The highest BCUT2D eigenvalue weighted by molar-refractivity contribution is 5.94. The fraction of sp³-hybridized carbons (Fsp3) is 0.300. The van der Waals surface area contributed by atoms with Crippen LogP contribution in [0.4, 0.5) is 11.4 Å². The predicted molar refractivity (Wildman–Crippen MR) is 104 cm³/mol. The molecule has 7 heteroatoms. The summed E-state index contributed by atoms with van der Waals surface area (Å²) >= 11 is 0. The molecular weight excluding hydrogens is 340 g/mol. The Balaban J connectivity index is 1.46. The molecule has 0 spiro atoms. The zero-order valence-electron chi connectivity index (χ0n) is 15.2. The Morgan fingerprint density at radius 1 is 1.19 bits per heavy atom. The lowest BCUT2D eigenvalue weighted by atomic mass is 10.2. The first-order valence-corrected chi connectivity index (χ1v) is 9.22. The van der Waals surface area contributed by atoms with Crippen LogP contribution < -0.4 is 10.2 Å². The van der Waals surface area contributed by atoms with Gasteiger partial charge in [-0.25, -0.2) is 4.68 Å². The zero-order valence-corrected chi connectivity index (χ0v) is 15.2. The van der Waals surface area contributed by atoms with Gasteiger partial charge < -0.3 is 10.2 Å². The Bertz CT molecular complexity index is 919. The number of nitrogens with zero attached hydrogens (tertiary/aromatic N) is 5. The van der Waals surface area contributed by atoms with Gasteiger partial charge in [-0.3, -0.25) is 4.79 Å². The van der Waals surface area contributed by atoms with E-state index in [1.165, 1.54) is 0 Å². The van der Waals surface area contributed by atoms with Crippen molar-refractivity contribution in [3.63, 3.8) is 0 Å². The molecule has 138 valence electrons. The van der Waals surface area contributed by atoms with E-state index in [2.05, 4.69) is 20.8 Å². The van der Waals surface area contributed by atoms with Crippen LogP contribution in [-0.2, 0) is 4.79 Å². The van der Waals surface area contributed by atoms with Gasteiger partial charge in [-0.1, -0.05) is 30.3 Å². The second kappa shape index (κ2) is 7.57. The number of amides is 1. The van der Waals surface area contributed by atoms with Crippen molar-refractivity contribution in [2.45, 2.75) is 25.8 Å². The van der Waals surface area contributed by atoms with Crippen molar-refractivity contribution in [1.29, 1.82) is 0 Å². The molecule has 3 aromatic rings. The van der Waals surface area contributed by atoms with E-state index in [9.17, 15) is 4.79 Å². The molecule has 1 N–H and O–H groups in total. The number of benzene rings is 2. The number of hydrogen-bond acceptors (Lipinski definition) is 5. The molecule has 4 rings (SSSR count). The van der Waals surface area contributed by atoms with E-state index in [0.717, 1.165) is 42.1 Å². The Kier molecular flexibility index (Phi) is 4.82. The number of rotatable bonds is 7. The maximum atomic E-state index is 12.5. The molecule has 1 saturated carbocycles. The Morgan fingerprint density at radius 2 is 2.00 bits per heavy atom. The second-order valence-corrected chi connectivity index (χ2v) is 6.66. The number of likely N-dealkylation sites (N-methyl/N-ethyl adjacent to an activating group) is 1. The number of aromatic nitrogens is 4. The molecule has 7 nitrogen and oxygen atoms in total. The van der Waals surface area contributed by atoms with E-state index in [4.69, 9.17) is 0 Å². The van der Waals surface area contributed by atoms with Crippen molar-refractivity contribution in [3.8, 4) is 11.4 Å². The van der Waals surface area contributed by atoms with Crippen LogP contribution in [0.15, 0.2) is 54.6 Å². The molecule has 2 aromatic carbocycles. The van der Waals surface area contributed by atoms with Crippen LogP contribution in [0.3, 0.4) is 0 Å². The minimum absolute atomic E-state index is 0.0559. The van der Waals surface area contributed by atoms with E-state index in [1.807, 2.05) is 71.1 Å². The standard InChI is InChI=1S/C20H22N6O/c1-2-25(17-9-4-3-5-10-17)14-19(27)21-16-8-6-7-15(13-16)20-22-23-24-26(20)18-11-12-18/h3-10,13,18H,2,11-12,14H2,1H3,(H,21,27). The monoisotopic (exact) mass is 362 g/mol. The third kappa shape index (κ3) is 3.97. The smallest absolute Gasteiger partial charge is 0.243 e. The van der Waals surface area contributed by atoms with Gasteiger partial charge in [-0.2, -0.15) is 0 Å². The molecule has 27 heavy (non-hydrogen) atoms. The molecule has 1 heterocycles. The minimum Gasteiger partial charge on any atom is -0.362 e. The van der Waals surface area contributed by atoms with Crippen molar-refractivity contribution in [3.05, 3.63) is 54.6 Å². The number of para-hydroxylation sites is 1. The van der Waals surface area contributed by atoms with Gasteiger partial charge in [0.05, 0.1) is 12.6 Å². The molecule has 1 aliphatic rings. The second-order valence-electron chi connectivity index (χ2n) is 6.66. The molecule has 1 amide bonds. The molecule has 0 bridgehead atoms. The first-order chi connectivity index (χ1) is 13.2. The minimum atomic E-state index is -0.0559. The number of carbonyl (C=O) groups excluding carboxylic acids is 1. The van der Waals surface area contributed by atoms with Crippen molar-refractivity contribution in [2.75, 3.05) is 23.3 Å². The summed E-state index contributed by atoms with van der Waals surface area (Å²) in [5.41, 5.74) is 2.68. The van der Waals surface area contributed by atoms with Crippen molar-refractivity contribution < 1.29 is 4.79 Å². The van der Waals surface area contributed by atoms with E-state index in [0.29, 0.717) is 12.6 Å². The number of tetrazole rings is 1. The molecule has 0 aliphatic heterocycles. The van der Waals surface area contributed by atoms with Crippen molar-refractivity contribution >= 4 is 17.3 Å². The summed E-state index contributed by atoms with van der Waals surface area (Å²) in [6, 6.07) is 18.0. The zero-order chi connectivity index (χ0) is 18.6. The normalized spacial score (nSPS) is 13.4. The topological polar surface area (TPSA) is 75.9 Å². The third-order valence-corrected chi connectivity index (χ3v) is 4.63. The van der Waals surface area contributed by atoms with Crippen molar-refractivity contribution in [1.82, 2.24) is 20.2 Å². The SMILES string of the molecule is CCN(CC(=O)Nc1cccc(-c2nnnn2C2CC2)c1)c1ccccc1. The van der Waals surface area contributed by atoms with Gasteiger partial charge in [-0.05, 0) is 54.5 Å². The van der Waals surface area contributed by atoms with Gasteiger partial charge in [0, 0.05) is 23.5 Å². The van der Waals surface area contributed by atoms with Gasteiger partial charge in [0.25, 0.3) is 0 Å². The number of carbonyl (C=O) groups is 1. The summed E-state index contributed by atoms with van der Waals surface area (Å²) in [6.45, 7) is 3.09. The fourth-order valence-electron chi connectivity index (χ4n) is 3.08. The lowest BCUT2D eigenvalue weighted by molar-refractivity contribution is -0.115. The van der Waals surface area contributed by atoms with Crippen LogP contribution in [0.5, 0.6) is 0 Å². The van der Waals surface area contributed by atoms with Gasteiger partial charge in [-0.15, -0.1) is 5.10 Å².